The number of hydrogen-bond acceptors (Lipinski definition) is 7. The van der Waals surface area contributed by atoms with Crippen LogP contribution in [0.2, 0.25) is 0 Å². The maximum Gasteiger partial charge on any atom is 0.335 e. The second-order valence-corrected chi connectivity index (χ2v) is 9.83. The molecule has 0 aliphatic carbocycles. The Balaban J connectivity index is 2.17. The maximum absolute atomic E-state index is 13.5. The van der Waals surface area contributed by atoms with E-state index >= 15 is 0 Å². The summed E-state index contributed by atoms with van der Waals surface area (Å²) in [5, 5.41) is 0. The van der Waals surface area contributed by atoms with Crippen LogP contribution in [0.1, 0.15) is 25.0 Å². The van der Waals surface area contributed by atoms with Crippen LogP contribution in [-0.4, -0.2) is 44.3 Å². The second kappa shape index (κ2) is 12.1. The highest BCUT2D eigenvalue weighted by Crippen LogP contribution is 2.31. The largest absolute Gasteiger partial charge is 0.493 e. The highest BCUT2D eigenvalue weighted by atomic mass is 127. The van der Waals surface area contributed by atoms with E-state index in [0.29, 0.717) is 17.2 Å². The number of halogens is 1. The minimum atomic E-state index is -0.722. The van der Waals surface area contributed by atoms with Crippen LogP contribution in [0.3, 0.4) is 0 Å². The molecule has 1 N–H and O–H groups in total. The molecule has 1 heterocycles. The molecule has 0 aliphatic heterocycles. The number of alkyl halides is 1. The Morgan fingerprint density at radius 3 is 2.36 bits per heavy atom. The number of rotatable bonds is 9. The van der Waals surface area contributed by atoms with Crippen molar-refractivity contribution in [3.63, 3.8) is 0 Å². The predicted octanol–water partition coefficient (Wildman–Crippen LogP) is 2.70. The number of nitrogens with one attached hydrogen (secondary N) is 1. The smallest absolute Gasteiger partial charge is 0.335 e. The van der Waals surface area contributed by atoms with Gasteiger partial charge in [-0.2, -0.15) is 0 Å². The van der Waals surface area contributed by atoms with Crippen LogP contribution < -0.4 is 26.5 Å². The molecule has 0 fully saturated rings. The van der Waals surface area contributed by atoms with Gasteiger partial charge in [0.2, 0.25) is 5.62 Å². The second-order valence-electron chi connectivity index (χ2n) is 8.32. The first-order chi connectivity index (χ1) is 17.1. The Kier molecular flexibility index (Phi) is 9.13. The van der Waals surface area contributed by atoms with Gasteiger partial charge in [0.05, 0.1) is 39.1 Å². The number of hydrogen-bond donors (Lipinski definition) is 1. The van der Waals surface area contributed by atoms with Crippen LogP contribution in [-0.2, 0) is 22.6 Å². The molecule has 0 radical (unpaired) electrons. The Hall–Kier alpha value is -3.35. The van der Waals surface area contributed by atoms with Crippen molar-refractivity contribution in [3.05, 3.63) is 80.2 Å². The van der Waals surface area contributed by atoms with E-state index in [1.54, 1.807) is 18.2 Å². The maximum atomic E-state index is 13.5. The zero-order chi connectivity index (χ0) is 26.4. The molecule has 0 aliphatic rings. The summed E-state index contributed by atoms with van der Waals surface area (Å²) in [5.74, 6) is 0.492. The summed E-state index contributed by atoms with van der Waals surface area (Å²) in [5.41, 5.74) is 1.15. The number of methoxy groups -OCH3 is 2. The minimum absolute atomic E-state index is 0.0472. The van der Waals surface area contributed by atoms with Crippen molar-refractivity contribution in [1.82, 2.24) is 14.1 Å². The lowest BCUT2D eigenvalue weighted by Crippen LogP contribution is -2.51. The van der Waals surface area contributed by atoms with E-state index in [-0.39, 0.29) is 24.8 Å². The van der Waals surface area contributed by atoms with Gasteiger partial charge in [-0.1, -0.05) is 52.4 Å². The molecule has 11 heteroatoms. The van der Waals surface area contributed by atoms with Gasteiger partial charge in [-0.3, -0.25) is 14.3 Å². The van der Waals surface area contributed by atoms with E-state index in [1.165, 1.54) is 18.8 Å². The number of benzene rings is 2. The van der Waals surface area contributed by atoms with E-state index in [4.69, 9.17) is 14.2 Å². The quantitative estimate of drug-likeness (QED) is 0.227. The number of aromatic amines is 1. The van der Waals surface area contributed by atoms with Gasteiger partial charge in [0.1, 0.15) is 3.92 Å². The van der Waals surface area contributed by atoms with E-state index in [2.05, 4.69) is 9.98 Å². The first kappa shape index (κ1) is 27.2. The summed E-state index contributed by atoms with van der Waals surface area (Å²) in [4.78, 5) is 45.5. The zero-order valence-corrected chi connectivity index (χ0v) is 22.9. The number of ether oxygens (including phenoxy) is 3. The van der Waals surface area contributed by atoms with Gasteiger partial charge < -0.3 is 14.2 Å². The summed E-state index contributed by atoms with van der Waals surface area (Å²) in [7, 11) is 2.78. The molecule has 0 spiro atoms. The Labute approximate surface area is 221 Å². The van der Waals surface area contributed by atoms with E-state index < -0.39 is 21.3 Å². The molecule has 3 aromatic rings. The lowest BCUT2D eigenvalue weighted by Gasteiger charge is -2.14. The molecule has 1 aromatic heterocycles. The first-order valence-corrected chi connectivity index (χ1v) is 12.5. The van der Waals surface area contributed by atoms with Crippen molar-refractivity contribution in [3.8, 4) is 11.5 Å². The average Bonchev–Trinajstić information content (AvgIpc) is 2.85. The number of aryl methyl sites for hydroxylation is 1. The monoisotopic (exact) mass is 608 g/mol. The summed E-state index contributed by atoms with van der Waals surface area (Å²) < 4.78 is 17.5. The number of esters is 1. The van der Waals surface area contributed by atoms with E-state index in [9.17, 15) is 14.4 Å². The van der Waals surface area contributed by atoms with Crippen LogP contribution in [0.4, 0.5) is 5.69 Å². The molecule has 0 bridgehead atoms. The molecule has 3 rings (SSSR count). The normalized spacial score (nSPS) is 12.5. The molecule has 0 saturated heterocycles. The third-order valence-corrected chi connectivity index (χ3v) is 6.09. The van der Waals surface area contributed by atoms with Gasteiger partial charge >= 0.3 is 17.3 Å². The van der Waals surface area contributed by atoms with Crippen LogP contribution in [0.25, 0.3) is 0 Å². The van der Waals surface area contributed by atoms with Gasteiger partial charge in [-0.15, -0.1) is 0 Å². The van der Waals surface area contributed by atoms with Gasteiger partial charge in [-0.05, 0) is 38.5 Å². The standard InChI is InChI=1S/C25H29IN4O6/c1-15(2)36-20-11-10-18(12-21(20)34-4)27-23-28-24(32)30(14-19(26)22(31)35-5)25(33)29(23)13-17-8-6-16(3)7-9-17/h6-12,15,19H,13-14H2,1-5H3,(H,27,28,32)/t19-/m0/s1. The molecular formula is C25H29IN4O6. The summed E-state index contributed by atoms with van der Waals surface area (Å²) in [6.45, 7) is 5.80. The molecule has 0 unspecified atom stereocenters. The van der Waals surface area contributed by atoms with Crippen molar-refractivity contribution < 1.29 is 19.0 Å². The SMILES string of the molecule is COC(=O)[C@@H](I)Cn1c(=O)[nH]/c(=N\c2ccc(OC(C)C)c(OC)c2)n(Cc2ccc(C)cc2)c1=O. The highest BCUT2D eigenvalue weighted by molar-refractivity contribution is 14.1. The van der Waals surface area contributed by atoms with Crippen molar-refractivity contribution in [2.75, 3.05) is 14.2 Å². The van der Waals surface area contributed by atoms with Gasteiger partial charge in [0.25, 0.3) is 0 Å². The molecule has 36 heavy (non-hydrogen) atoms. The van der Waals surface area contributed by atoms with Gasteiger partial charge in [0.15, 0.2) is 11.5 Å². The summed E-state index contributed by atoms with van der Waals surface area (Å²) >= 11 is 1.84. The van der Waals surface area contributed by atoms with Crippen LogP contribution >= 0.6 is 22.6 Å². The number of H-pyrrole nitrogens is 1. The molecular weight excluding hydrogens is 579 g/mol. The molecule has 192 valence electrons. The number of nitrogens with zero attached hydrogens (tertiary/aromatic N) is 3. The van der Waals surface area contributed by atoms with E-state index in [1.807, 2.05) is 67.6 Å². The Morgan fingerprint density at radius 1 is 1.06 bits per heavy atom. The fourth-order valence-electron chi connectivity index (χ4n) is 3.38. The van der Waals surface area contributed by atoms with E-state index in [0.717, 1.165) is 15.7 Å². The topological polar surface area (TPSA) is 117 Å². The van der Waals surface area contributed by atoms with Gasteiger partial charge in [0, 0.05) is 6.07 Å². The fourth-order valence-corrected chi connectivity index (χ4v) is 4.03. The molecule has 1 atom stereocenters. The van der Waals surface area contributed by atoms with Crippen molar-refractivity contribution in [1.29, 1.82) is 0 Å². The number of carbonyl (C=O) groups excluding carboxylic acids is 1. The van der Waals surface area contributed by atoms with Crippen LogP contribution in [0, 0.1) is 6.92 Å². The first-order valence-electron chi connectivity index (χ1n) is 11.2. The van der Waals surface area contributed by atoms with Crippen LogP contribution in [0.5, 0.6) is 11.5 Å². The summed E-state index contributed by atoms with van der Waals surface area (Å²) in [6.07, 6.45) is -0.0472. The highest BCUT2D eigenvalue weighted by Gasteiger charge is 2.20. The third-order valence-electron chi connectivity index (χ3n) is 5.19. The zero-order valence-electron chi connectivity index (χ0n) is 20.8. The van der Waals surface area contributed by atoms with Gasteiger partial charge in [-0.25, -0.2) is 19.1 Å². The molecule has 0 amide bonds. The fraction of sp³-hybridized carbons (Fsp3) is 0.360. The Morgan fingerprint density at radius 2 is 1.75 bits per heavy atom. The van der Waals surface area contributed by atoms with Crippen molar-refractivity contribution >= 4 is 34.2 Å². The number of carbonyl (C=O) groups is 1. The average molecular weight is 608 g/mol. The lowest BCUT2D eigenvalue weighted by molar-refractivity contribution is -0.139. The molecule has 10 nitrogen and oxygen atoms in total. The molecule has 0 saturated carbocycles. The third kappa shape index (κ3) is 6.65. The van der Waals surface area contributed by atoms with Crippen LogP contribution in [0.15, 0.2) is 57.0 Å². The minimum Gasteiger partial charge on any atom is -0.493 e. The predicted molar refractivity (Wildman–Crippen MR) is 143 cm³/mol. The number of aromatic nitrogens is 3. The van der Waals surface area contributed by atoms with Crippen molar-refractivity contribution in [2.45, 2.75) is 43.9 Å². The molecule has 2 aromatic carbocycles. The van der Waals surface area contributed by atoms with Crippen molar-refractivity contribution in [2.24, 2.45) is 4.99 Å². The Bertz CT molecular complexity index is 1410. The summed E-state index contributed by atoms with van der Waals surface area (Å²) in [6, 6.07) is 12.8. The lowest BCUT2D eigenvalue weighted by atomic mass is 10.1.